The van der Waals surface area contributed by atoms with Crippen molar-refractivity contribution in [1.29, 1.82) is 0 Å². The Balaban J connectivity index is 1.96. The van der Waals surface area contributed by atoms with E-state index in [0.717, 1.165) is 17.5 Å². The minimum atomic E-state index is -2.82. The molecule has 0 bridgehead atoms. The Kier molecular flexibility index (Phi) is 4.68. The highest BCUT2D eigenvalue weighted by Gasteiger charge is 2.10. The Morgan fingerprint density at radius 3 is 2.85 bits per heavy atom. The molecule has 0 aliphatic carbocycles. The molecule has 6 heteroatoms. The molecule has 0 spiro atoms. The van der Waals surface area contributed by atoms with Crippen molar-refractivity contribution in [2.24, 2.45) is 12.8 Å². The lowest BCUT2D eigenvalue weighted by Crippen LogP contribution is -2.12. The fourth-order valence-corrected chi connectivity index (χ4v) is 2.01. The highest BCUT2D eigenvalue weighted by Crippen LogP contribution is 2.22. The van der Waals surface area contributed by atoms with Crippen molar-refractivity contribution in [3.8, 4) is 5.75 Å². The van der Waals surface area contributed by atoms with Crippen molar-refractivity contribution in [2.75, 3.05) is 0 Å². The molecule has 1 heterocycles. The molecule has 0 saturated heterocycles. The van der Waals surface area contributed by atoms with Crippen LogP contribution in [0.3, 0.4) is 0 Å². The standard InChI is InChI=1S/C14H17F2N3O/c1-19-9-10(8-18-19)5-6-13(17)11-3-2-4-12(7-11)20-14(15)16/h2-4,7-9,13-14H,5-6,17H2,1H3. The van der Waals surface area contributed by atoms with Crippen molar-refractivity contribution < 1.29 is 13.5 Å². The fourth-order valence-electron chi connectivity index (χ4n) is 2.01. The summed E-state index contributed by atoms with van der Waals surface area (Å²) in [5.41, 5.74) is 7.96. The second-order valence-corrected chi connectivity index (χ2v) is 4.62. The topological polar surface area (TPSA) is 53.1 Å². The van der Waals surface area contributed by atoms with Crippen LogP contribution in [0.4, 0.5) is 8.78 Å². The summed E-state index contributed by atoms with van der Waals surface area (Å²) in [5.74, 6) is 0.134. The van der Waals surface area contributed by atoms with Crippen LogP contribution in [0.25, 0.3) is 0 Å². The summed E-state index contributed by atoms with van der Waals surface area (Å²) >= 11 is 0. The summed E-state index contributed by atoms with van der Waals surface area (Å²) in [6, 6.07) is 6.30. The molecule has 20 heavy (non-hydrogen) atoms. The molecule has 1 atom stereocenters. The molecule has 4 nitrogen and oxygen atoms in total. The number of halogens is 2. The first-order valence-electron chi connectivity index (χ1n) is 6.32. The van der Waals surface area contributed by atoms with Crippen LogP contribution >= 0.6 is 0 Å². The highest BCUT2D eigenvalue weighted by molar-refractivity contribution is 5.30. The van der Waals surface area contributed by atoms with E-state index in [1.165, 1.54) is 6.07 Å². The van der Waals surface area contributed by atoms with Gasteiger partial charge in [0.25, 0.3) is 0 Å². The molecule has 0 radical (unpaired) electrons. The van der Waals surface area contributed by atoms with E-state index in [-0.39, 0.29) is 11.8 Å². The normalized spacial score (nSPS) is 12.7. The number of nitrogens with zero attached hydrogens (tertiary/aromatic N) is 2. The molecule has 0 saturated carbocycles. The zero-order valence-corrected chi connectivity index (χ0v) is 11.2. The molecule has 0 fully saturated rings. The lowest BCUT2D eigenvalue weighted by atomic mass is 10.0. The number of nitrogens with two attached hydrogens (primary N) is 1. The van der Waals surface area contributed by atoms with E-state index in [0.29, 0.717) is 6.42 Å². The third-order valence-corrected chi connectivity index (χ3v) is 3.01. The lowest BCUT2D eigenvalue weighted by Gasteiger charge is -2.13. The second-order valence-electron chi connectivity index (χ2n) is 4.62. The van der Waals surface area contributed by atoms with E-state index in [4.69, 9.17) is 5.73 Å². The predicted octanol–water partition coefficient (Wildman–Crippen LogP) is 2.65. The van der Waals surface area contributed by atoms with Gasteiger partial charge in [-0.2, -0.15) is 13.9 Å². The van der Waals surface area contributed by atoms with Crippen LogP contribution in [0, 0.1) is 0 Å². The van der Waals surface area contributed by atoms with Crippen LogP contribution in [0.1, 0.15) is 23.6 Å². The number of hydrogen-bond donors (Lipinski definition) is 1. The van der Waals surface area contributed by atoms with Crippen molar-refractivity contribution in [1.82, 2.24) is 9.78 Å². The van der Waals surface area contributed by atoms with Crippen molar-refractivity contribution in [3.63, 3.8) is 0 Å². The molecule has 2 N–H and O–H groups in total. The second kappa shape index (κ2) is 6.47. The fraction of sp³-hybridized carbons (Fsp3) is 0.357. The van der Waals surface area contributed by atoms with Crippen LogP contribution < -0.4 is 10.5 Å². The van der Waals surface area contributed by atoms with Crippen LogP contribution in [-0.2, 0) is 13.5 Å². The van der Waals surface area contributed by atoms with Gasteiger partial charge in [-0.3, -0.25) is 4.68 Å². The Labute approximate surface area is 116 Å². The third-order valence-electron chi connectivity index (χ3n) is 3.01. The summed E-state index contributed by atoms with van der Waals surface area (Å²) in [7, 11) is 1.86. The summed E-state index contributed by atoms with van der Waals surface area (Å²) < 4.78 is 30.4. The minimum absolute atomic E-state index is 0.134. The molecular formula is C14H17F2N3O. The number of hydrogen-bond acceptors (Lipinski definition) is 3. The summed E-state index contributed by atoms with van der Waals surface area (Å²) in [5, 5.41) is 4.09. The minimum Gasteiger partial charge on any atom is -0.435 e. The Morgan fingerprint density at radius 2 is 2.20 bits per heavy atom. The monoisotopic (exact) mass is 281 g/mol. The summed E-state index contributed by atoms with van der Waals surface area (Å²) in [6.07, 6.45) is 5.23. The van der Waals surface area contributed by atoms with Gasteiger partial charge in [-0.15, -0.1) is 0 Å². The van der Waals surface area contributed by atoms with Crippen molar-refractivity contribution in [2.45, 2.75) is 25.5 Å². The van der Waals surface area contributed by atoms with Gasteiger partial charge in [0.05, 0.1) is 6.20 Å². The van der Waals surface area contributed by atoms with Gasteiger partial charge < -0.3 is 10.5 Å². The molecule has 1 aromatic heterocycles. The summed E-state index contributed by atoms with van der Waals surface area (Å²) in [4.78, 5) is 0. The largest absolute Gasteiger partial charge is 0.435 e. The number of benzene rings is 1. The van der Waals surface area contributed by atoms with E-state index >= 15 is 0 Å². The molecule has 0 aliphatic rings. The van der Waals surface area contributed by atoms with Gasteiger partial charge in [-0.1, -0.05) is 12.1 Å². The Hall–Kier alpha value is -1.95. The van der Waals surface area contributed by atoms with Gasteiger partial charge in [-0.05, 0) is 36.1 Å². The van der Waals surface area contributed by atoms with Gasteiger partial charge in [0.1, 0.15) is 5.75 Å². The highest BCUT2D eigenvalue weighted by atomic mass is 19.3. The first kappa shape index (κ1) is 14.5. The zero-order valence-electron chi connectivity index (χ0n) is 11.2. The maximum Gasteiger partial charge on any atom is 0.387 e. The average Bonchev–Trinajstić information content (AvgIpc) is 2.81. The quantitative estimate of drug-likeness (QED) is 0.885. The predicted molar refractivity (Wildman–Crippen MR) is 71.5 cm³/mol. The number of ether oxygens (including phenoxy) is 1. The van der Waals surface area contributed by atoms with Crippen LogP contribution in [0.2, 0.25) is 0 Å². The third kappa shape index (κ3) is 4.03. The van der Waals surface area contributed by atoms with Crippen LogP contribution in [0.5, 0.6) is 5.75 Å². The molecule has 0 aliphatic heterocycles. The van der Waals surface area contributed by atoms with Crippen LogP contribution in [0.15, 0.2) is 36.7 Å². The first-order chi connectivity index (χ1) is 9.54. The maximum absolute atomic E-state index is 12.2. The van der Waals surface area contributed by atoms with Crippen molar-refractivity contribution in [3.05, 3.63) is 47.8 Å². The Bertz CT molecular complexity index is 557. The number of aryl methyl sites for hydroxylation is 2. The molecule has 2 rings (SSSR count). The van der Waals surface area contributed by atoms with Gasteiger partial charge in [0.15, 0.2) is 0 Å². The van der Waals surface area contributed by atoms with E-state index in [1.807, 2.05) is 19.3 Å². The molecular weight excluding hydrogens is 264 g/mol. The Morgan fingerprint density at radius 1 is 1.40 bits per heavy atom. The number of alkyl halides is 2. The number of aromatic nitrogens is 2. The SMILES string of the molecule is Cn1cc(CCC(N)c2cccc(OC(F)F)c2)cn1. The van der Waals surface area contributed by atoms with Gasteiger partial charge >= 0.3 is 6.61 Å². The van der Waals surface area contributed by atoms with E-state index in [2.05, 4.69) is 9.84 Å². The van der Waals surface area contributed by atoms with E-state index in [9.17, 15) is 8.78 Å². The zero-order chi connectivity index (χ0) is 14.5. The maximum atomic E-state index is 12.2. The molecule has 1 unspecified atom stereocenters. The number of rotatable bonds is 6. The van der Waals surface area contributed by atoms with Crippen molar-refractivity contribution >= 4 is 0 Å². The van der Waals surface area contributed by atoms with E-state index < -0.39 is 6.61 Å². The molecule has 0 amide bonds. The molecule has 108 valence electrons. The average molecular weight is 281 g/mol. The lowest BCUT2D eigenvalue weighted by molar-refractivity contribution is -0.0499. The smallest absolute Gasteiger partial charge is 0.387 e. The van der Waals surface area contributed by atoms with Gasteiger partial charge in [0.2, 0.25) is 0 Å². The van der Waals surface area contributed by atoms with Gasteiger partial charge in [-0.25, -0.2) is 0 Å². The summed E-state index contributed by atoms with van der Waals surface area (Å²) in [6.45, 7) is -2.82. The molecule has 1 aromatic carbocycles. The van der Waals surface area contributed by atoms with E-state index in [1.54, 1.807) is 23.0 Å². The molecule has 2 aromatic rings. The van der Waals surface area contributed by atoms with Crippen LogP contribution in [-0.4, -0.2) is 16.4 Å². The van der Waals surface area contributed by atoms with Gasteiger partial charge in [0, 0.05) is 19.3 Å². The first-order valence-corrected chi connectivity index (χ1v) is 6.32.